The predicted octanol–water partition coefficient (Wildman–Crippen LogP) is 0.694. The highest BCUT2D eigenvalue weighted by Gasteiger charge is 2.11. The molecular weight excluding hydrogens is 429 g/mol. The van der Waals surface area contributed by atoms with Gasteiger partial charge in [0, 0.05) is 6.42 Å². The van der Waals surface area contributed by atoms with Crippen molar-refractivity contribution in [3.8, 4) is 11.4 Å². The van der Waals surface area contributed by atoms with Crippen LogP contribution in [0.4, 0.5) is 0 Å². The van der Waals surface area contributed by atoms with E-state index in [1.165, 1.54) is 0 Å². The van der Waals surface area contributed by atoms with Crippen LogP contribution in [0.25, 0.3) is 22.4 Å². The molecule has 0 spiro atoms. The van der Waals surface area contributed by atoms with Gasteiger partial charge in [0.1, 0.15) is 12.4 Å². The molecule has 3 nitrogen and oxygen atoms in total. The fourth-order valence-electron chi connectivity index (χ4n) is 2.20. The van der Waals surface area contributed by atoms with E-state index in [-0.39, 0.29) is 24.0 Å². The fraction of sp³-hybridized carbons (Fsp3) is 0.200. The van der Waals surface area contributed by atoms with Crippen molar-refractivity contribution in [3.63, 3.8) is 0 Å². The van der Waals surface area contributed by atoms with Gasteiger partial charge in [-0.15, -0.1) is 0 Å². The summed E-state index contributed by atoms with van der Waals surface area (Å²) >= 11 is 3.56. The first-order valence-electron chi connectivity index (χ1n) is 6.41. The van der Waals surface area contributed by atoms with Crippen molar-refractivity contribution in [2.45, 2.75) is 19.9 Å². The molecule has 1 N–H and O–H groups in total. The second-order valence-corrected chi connectivity index (χ2v) is 5.50. The van der Waals surface area contributed by atoms with E-state index < -0.39 is 0 Å². The SMILES string of the molecule is CCC[n+]1cc(Br)cc(-c2nc3ccccc3[nH]2)c1.[I-]. The molecule has 0 radical (unpaired) electrons. The van der Waals surface area contributed by atoms with Crippen molar-refractivity contribution in [2.24, 2.45) is 0 Å². The van der Waals surface area contributed by atoms with Crippen LogP contribution in [0.3, 0.4) is 0 Å². The minimum Gasteiger partial charge on any atom is -1.00 e. The standard InChI is InChI=1S/C15H15BrN3.HI/c1-2-7-19-9-11(8-12(16)10-19)15-17-13-5-3-4-6-14(13)18-15;/h3-6,8-10H,2,7H2,1H3,(H,17,18);1H/q+1;/p-1. The van der Waals surface area contributed by atoms with Gasteiger partial charge in [0.25, 0.3) is 0 Å². The number of nitrogens with zero attached hydrogens (tertiary/aromatic N) is 2. The van der Waals surface area contributed by atoms with Crippen LogP contribution in [0.15, 0.2) is 47.2 Å². The third-order valence-electron chi connectivity index (χ3n) is 3.03. The Morgan fingerprint density at radius 3 is 2.80 bits per heavy atom. The van der Waals surface area contributed by atoms with Crippen molar-refractivity contribution >= 4 is 27.0 Å². The van der Waals surface area contributed by atoms with Crippen molar-refractivity contribution in [1.82, 2.24) is 9.97 Å². The summed E-state index contributed by atoms with van der Waals surface area (Å²) in [6.45, 7) is 3.18. The number of fused-ring (bicyclic) bond motifs is 1. The summed E-state index contributed by atoms with van der Waals surface area (Å²) in [5.74, 6) is 0.910. The lowest BCUT2D eigenvalue weighted by Gasteiger charge is -1.99. The molecule has 104 valence electrons. The van der Waals surface area contributed by atoms with Gasteiger partial charge in [-0.2, -0.15) is 0 Å². The van der Waals surface area contributed by atoms with Crippen LogP contribution in [0.2, 0.25) is 0 Å². The summed E-state index contributed by atoms with van der Waals surface area (Å²) < 4.78 is 3.26. The monoisotopic (exact) mass is 443 g/mol. The average Bonchev–Trinajstić information content (AvgIpc) is 2.82. The van der Waals surface area contributed by atoms with Gasteiger partial charge in [-0.1, -0.05) is 19.1 Å². The van der Waals surface area contributed by atoms with Gasteiger partial charge in [0.15, 0.2) is 12.4 Å². The largest absolute Gasteiger partial charge is 1.00 e. The molecule has 0 aliphatic rings. The Bertz CT molecular complexity index is 691. The summed E-state index contributed by atoms with van der Waals surface area (Å²) in [4.78, 5) is 8.00. The van der Waals surface area contributed by atoms with Crippen LogP contribution in [0.1, 0.15) is 13.3 Å². The van der Waals surface area contributed by atoms with Gasteiger partial charge in [-0.3, -0.25) is 0 Å². The number of benzene rings is 1. The zero-order valence-electron chi connectivity index (χ0n) is 11.1. The molecule has 2 heterocycles. The Morgan fingerprint density at radius 2 is 2.05 bits per heavy atom. The predicted molar refractivity (Wildman–Crippen MR) is 79.7 cm³/mol. The number of aryl methyl sites for hydroxylation is 1. The smallest absolute Gasteiger partial charge is 0.183 e. The second kappa shape index (κ2) is 6.67. The van der Waals surface area contributed by atoms with E-state index >= 15 is 0 Å². The number of aromatic amines is 1. The zero-order valence-corrected chi connectivity index (χ0v) is 14.8. The molecule has 0 amide bonds. The summed E-state index contributed by atoms with van der Waals surface area (Å²) in [6.07, 6.45) is 5.34. The average molecular weight is 444 g/mol. The third kappa shape index (κ3) is 3.20. The first kappa shape index (κ1) is 15.4. The molecule has 3 rings (SSSR count). The first-order chi connectivity index (χ1) is 9.26. The maximum Gasteiger partial charge on any atom is 0.183 e. The van der Waals surface area contributed by atoms with E-state index in [0.717, 1.165) is 39.9 Å². The third-order valence-corrected chi connectivity index (χ3v) is 3.47. The molecule has 0 saturated heterocycles. The molecule has 20 heavy (non-hydrogen) atoms. The maximum atomic E-state index is 4.64. The van der Waals surface area contributed by atoms with Gasteiger partial charge < -0.3 is 29.0 Å². The number of pyridine rings is 1. The minimum atomic E-state index is 0. The Hall–Kier alpha value is -0.950. The van der Waals surface area contributed by atoms with Crippen LogP contribution in [-0.4, -0.2) is 9.97 Å². The van der Waals surface area contributed by atoms with Crippen LogP contribution < -0.4 is 28.5 Å². The second-order valence-electron chi connectivity index (χ2n) is 4.58. The van der Waals surface area contributed by atoms with Crippen LogP contribution >= 0.6 is 15.9 Å². The van der Waals surface area contributed by atoms with Crippen molar-refractivity contribution in [1.29, 1.82) is 0 Å². The number of para-hydroxylation sites is 2. The van der Waals surface area contributed by atoms with Crippen LogP contribution in [0, 0.1) is 0 Å². The Balaban J connectivity index is 0.00000147. The van der Waals surface area contributed by atoms with Gasteiger partial charge >= 0.3 is 0 Å². The molecule has 0 fully saturated rings. The molecule has 0 aliphatic carbocycles. The van der Waals surface area contributed by atoms with Gasteiger partial charge in [0.2, 0.25) is 0 Å². The summed E-state index contributed by atoms with van der Waals surface area (Å²) in [5, 5.41) is 0. The summed E-state index contributed by atoms with van der Waals surface area (Å²) in [6, 6.07) is 10.2. The lowest BCUT2D eigenvalue weighted by atomic mass is 10.2. The minimum absolute atomic E-state index is 0. The highest BCUT2D eigenvalue weighted by atomic mass is 127. The van der Waals surface area contributed by atoms with E-state index in [1.54, 1.807) is 0 Å². The molecule has 0 saturated carbocycles. The van der Waals surface area contributed by atoms with Gasteiger partial charge in [0.05, 0.1) is 21.1 Å². The summed E-state index contributed by atoms with van der Waals surface area (Å²) in [7, 11) is 0. The van der Waals surface area contributed by atoms with Crippen LogP contribution in [-0.2, 0) is 6.54 Å². The number of hydrogen-bond donors (Lipinski definition) is 1. The van der Waals surface area contributed by atoms with Crippen LogP contribution in [0.5, 0.6) is 0 Å². The van der Waals surface area contributed by atoms with E-state index in [2.05, 4.69) is 55.8 Å². The lowest BCUT2D eigenvalue weighted by molar-refractivity contribution is -0.697. The molecular formula is C15H15BrIN3. The Kier molecular flexibility index (Phi) is 5.15. The molecule has 0 unspecified atom stereocenters. The van der Waals surface area contributed by atoms with Crippen molar-refractivity contribution < 1.29 is 28.5 Å². The van der Waals surface area contributed by atoms with E-state index in [0.29, 0.717) is 0 Å². The number of rotatable bonds is 3. The highest BCUT2D eigenvalue weighted by Crippen LogP contribution is 2.21. The highest BCUT2D eigenvalue weighted by molar-refractivity contribution is 9.10. The molecule has 0 aliphatic heterocycles. The number of imidazole rings is 1. The van der Waals surface area contributed by atoms with Gasteiger partial charge in [-0.05, 0) is 34.1 Å². The fourth-order valence-corrected chi connectivity index (χ4v) is 2.71. The van der Waals surface area contributed by atoms with Crippen molar-refractivity contribution in [2.75, 3.05) is 0 Å². The van der Waals surface area contributed by atoms with E-state index in [4.69, 9.17) is 0 Å². The van der Waals surface area contributed by atoms with Gasteiger partial charge in [-0.25, -0.2) is 9.55 Å². The first-order valence-corrected chi connectivity index (χ1v) is 7.20. The van der Waals surface area contributed by atoms with E-state index in [9.17, 15) is 0 Å². The molecule has 5 heteroatoms. The van der Waals surface area contributed by atoms with E-state index in [1.807, 2.05) is 24.3 Å². The summed E-state index contributed by atoms with van der Waals surface area (Å²) in [5.41, 5.74) is 3.16. The zero-order chi connectivity index (χ0) is 13.2. The number of hydrogen-bond acceptors (Lipinski definition) is 1. The molecule has 0 bridgehead atoms. The number of nitrogens with one attached hydrogen (secondary N) is 1. The quantitative estimate of drug-likeness (QED) is 0.469. The number of halogens is 2. The normalized spacial score (nSPS) is 10.5. The molecule has 1 aromatic carbocycles. The molecule has 2 aromatic heterocycles. The number of H-pyrrole nitrogens is 1. The van der Waals surface area contributed by atoms with Crippen molar-refractivity contribution in [3.05, 3.63) is 47.2 Å². The molecule has 3 aromatic rings. The number of aromatic nitrogens is 3. The Morgan fingerprint density at radius 1 is 1.25 bits per heavy atom. The maximum absolute atomic E-state index is 4.64. The lowest BCUT2D eigenvalue weighted by Crippen LogP contribution is -3.00. The topological polar surface area (TPSA) is 32.6 Å². The Labute approximate surface area is 143 Å². The molecule has 0 atom stereocenters.